The van der Waals surface area contributed by atoms with Crippen molar-refractivity contribution in [2.75, 3.05) is 12.4 Å². The number of thiazole rings is 1. The van der Waals surface area contributed by atoms with Crippen LogP contribution in [0.25, 0.3) is 11.3 Å². The largest absolute Gasteiger partial charge is 0.496 e. The SMILES string of the molecule is COc1ccc(C)cc1-c1csc(NC(=O)C2(N)CCCC2)n1.Cl. The van der Waals surface area contributed by atoms with Crippen LogP contribution in [0.2, 0.25) is 0 Å². The second-order valence-corrected chi connectivity index (χ2v) is 6.92. The summed E-state index contributed by atoms with van der Waals surface area (Å²) in [6.45, 7) is 2.02. The number of nitrogens with zero attached hydrogens (tertiary/aromatic N) is 1. The van der Waals surface area contributed by atoms with Gasteiger partial charge in [-0.2, -0.15) is 0 Å². The standard InChI is InChI=1S/C17H21N3O2S.ClH/c1-11-5-6-14(22-2)12(9-11)13-10-23-16(19-13)20-15(21)17(18)7-3-4-8-17;/h5-6,9-10H,3-4,7-8,18H2,1-2H3,(H,19,20,21);1H. The predicted octanol–water partition coefficient (Wildman–Crippen LogP) is 3.76. The van der Waals surface area contributed by atoms with Crippen LogP contribution in [0.1, 0.15) is 31.2 Å². The van der Waals surface area contributed by atoms with Gasteiger partial charge in [-0.05, 0) is 31.9 Å². The fourth-order valence-corrected chi connectivity index (χ4v) is 3.64. The van der Waals surface area contributed by atoms with E-state index in [1.807, 2.05) is 30.5 Å². The van der Waals surface area contributed by atoms with Crippen molar-refractivity contribution in [2.24, 2.45) is 5.73 Å². The topological polar surface area (TPSA) is 77.2 Å². The fourth-order valence-electron chi connectivity index (χ4n) is 2.93. The molecule has 0 atom stereocenters. The maximum atomic E-state index is 12.4. The van der Waals surface area contributed by atoms with Crippen LogP contribution in [-0.4, -0.2) is 23.5 Å². The summed E-state index contributed by atoms with van der Waals surface area (Å²) in [5.74, 6) is 0.636. The van der Waals surface area contributed by atoms with E-state index >= 15 is 0 Å². The van der Waals surface area contributed by atoms with Crippen LogP contribution in [-0.2, 0) is 4.79 Å². The molecule has 1 aliphatic rings. The minimum Gasteiger partial charge on any atom is -0.496 e. The average molecular weight is 368 g/mol. The van der Waals surface area contributed by atoms with Crippen molar-refractivity contribution < 1.29 is 9.53 Å². The number of hydrogen-bond donors (Lipinski definition) is 2. The highest BCUT2D eigenvalue weighted by Gasteiger charge is 2.37. The van der Waals surface area contributed by atoms with Crippen molar-refractivity contribution in [1.29, 1.82) is 0 Å². The molecule has 0 saturated heterocycles. The highest BCUT2D eigenvalue weighted by Crippen LogP contribution is 2.34. The van der Waals surface area contributed by atoms with Crippen LogP contribution >= 0.6 is 23.7 Å². The highest BCUT2D eigenvalue weighted by molar-refractivity contribution is 7.14. The Balaban J connectivity index is 0.00000208. The molecule has 7 heteroatoms. The quantitative estimate of drug-likeness (QED) is 0.862. The highest BCUT2D eigenvalue weighted by atomic mass is 35.5. The summed E-state index contributed by atoms with van der Waals surface area (Å²) in [5, 5.41) is 5.36. The Morgan fingerprint density at radius 1 is 1.38 bits per heavy atom. The average Bonchev–Trinajstić information content (AvgIpc) is 3.17. The Labute approximate surface area is 152 Å². The van der Waals surface area contributed by atoms with Gasteiger partial charge in [0.15, 0.2) is 5.13 Å². The number of benzene rings is 1. The number of methoxy groups -OCH3 is 1. The summed E-state index contributed by atoms with van der Waals surface area (Å²) >= 11 is 1.40. The molecule has 24 heavy (non-hydrogen) atoms. The molecule has 0 unspecified atom stereocenters. The van der Waals surface area contributed by atoms with Gasteiger partial charge in [-0.25, -0.2) is 4.98 Å². The second kappa shape index (κ2) is 7.51. The first-order valence-corrected chi connectivity index (χ1v) is 8.61. The van der Waals surface area contributed by atoms with Crippen LogP contribution < -0.4 is 15.8 Å². The van der Waals surface area contributed by atoms with Gasteiger partial charge >= 0.3 is 0 Å². The van der Waals surface area contributed by atoms with Crippen molar-refractivity contribution in [2.45, 2.75) is 38.1 Å². The number of aromatic nitrogens is 1. The van der Waals surface area contributed by atoms with E-state index in [9.17, 15) is 4.79 Å². The summed E-state index contributed by atoms with van der Waals surface area (Å²) < 4.78 is 5.40. The number of ether oxygens (including phenoxy) is 1. The van der Waals surface area contributed by atoms with Crippen LogP contribution in [0, 0.1) is 6.92 Å². The lowest BCUT2D eigenvalue weighted by Gasteiger charge is -2.21. The van der Waals surface area contributed by atoms with Crippen molar-refractivity contribution >= 4 is 34.8 Å². The monoisotopic (exact) mass is 367 g/mol. The number of nitrogens with two attached hydrogens (primary N) is 1. The number of carbonyl (C=O) groups excluding carboxylic acids is 1. The van der Waals surface area contributed by atoms with E-state index in [4.69, 9.17) is 10.5 Å². The minimum absolute atomic E-state index is 0. The van der Waals surface area contributed by atoms with Gasteiger partial charge in [-0.1, -0.05) is 24.5 Å². The molecule has 1 amide bonds. The number of amides is 1. The van der Waals surface area contributed by atoms with Gasteiger partial charge in [0.25, 0.3) is 0 Å². The first-order valence-electron chi connectivity index (χ1n) is 7.73. The normalized spacial score (nSPS) is 15.6. The molecule has 1 aromatic carbocycles. The van der Waals surface area contributed by atoms with Crippen molar-refractivity contribution in [3.05, 3.63) is 29.1 Å². The third-order valence-corrected chi connectivity index (χ3v) is 5.06. The molecule has 0 radical (unpaired) electrons. The third kappa shape index (κ3) is 3.71. The molecule has 3 rings (SSSR count). The van der Waals surface area contributed by atoms with E-state index in [1.165, 1.54) is 11.3 Å². The third-order valence-electron chi connectivity index (χ3n) is 4.30. The molecule has 0 spiro atoms. The van der Waals surface area contributed by atoms with Gasteiger partial charge in [0.05, 0.1) is 18.3 Å². The summed E-state index contributed by atoms with van der Waals surface area (Å²) in [5.41, 5.74) is 8.28. The van der Waals surface area contributed by atoms with E-state index in [-0.39, 0.29) is 18.3 Å². The first-order chi connectivity index (χ1) is 11.0. The van der Waals surface area contributed by atoms with Gasteiger partial charge < -0.3 is 15.8 Å². The van der Waals surface area contributed by atoms with Gasteiger partial charge in [0, 0.05) is 10.9 Å². The molecule has 1 aliphatic carbocycles. The van der Waals surface area contributed by atoms with Crippen molar-refractivity contribution in [3.8, 4) is 17.0 Å². The molecule has 1 heterocycles. The zero-order chi connectivity index (χ0) is 16.4. The number of anilines is 1. The molecule has 130 valence electrons. The second-order valence-electron chi connectivity index (χ2n) is 6.06. The number of aryl methyl sites for hydroxylation is 1. The van der Waals surface area contributed by atoms with Gasteiger partial charge in [-0.3, -0.25) is 4.79 Å². The van der Waals surface area contributed by atoms with Crippen LogP contribution in [0.5, 0.6) is 5.75 Å². The molecular weight excluding hydrogens is 346 g/mol. The van der Waals surface area contributed by atoms with E-state index < -0.39 is 5.54 Å². The number of carbonyl (C=O) groups is 1. The lowest BCUT2D eigenvalue weighted by atomic mass is 9.98. The zero-order valence-corrected chi connectivity index (χ0v) is 15.4. The number of nitrogens with one attached hydrogen (secondary N) is 1. The molecule has 0 bridgehead atoms. The van der Waals surface area contributed by atoms with Gasteiger partial charge in [0.2, 0.25) is 5.91 Å². The van der Waals surface area contributed by atoms with Gasteiger partial charge in [-0.15, -0.1) is 23.7 Å². The Kier molecular flexibility index (Phi) is 5.85. The van der Waals surface area contributed by atoms with E-state index in [1.54, 1.807) is 7.11 Å². The number of halogens is 1. The van der Waals surface area contributed by atoms with E-state index in [0.717, 1.165) is 48.3 Å². The number of rotatable bonds is 4. The molecule has 1 fully saturated rings. The molecule has 5 nitrogen and oxygen atoms in total. The molecule has 0 aliphatic heterocycles. The Morgan fingerprint density at radius 2 is 2.08 bits per heavy atom. The van der Waals surface area contributed by atoms with Gasteiger partial charge in [0.1, 0.15) is 5.75 Å². The molecule has 1 saturated carbocycles. The lowest BCUT2D eigenvalue weighted by Crippen LogP contribution is -2.48. The van der Waals surface area contributed by atoms with Crippen molar-refractivity contribution in [3.63, 3.8) is 0 Å². The van der Waals surface area contributed by atoms with Crippen LogP contribution in [0.15, 0.2) is 23.6 Å². The zero-order valence-electron chi connectivity index (χ0n) is 13.8. The maximum absolute atomic E-state index is 12.4. The molecular formula is C17H22ClN3O2S. The molecule has 2 aromatic rings. The fraction of sp³-hybridized carbons (Fsp3) is 0.412. The lowest BCUT2D eigenvalue weighted by molar-refractivity contribution is -0.121. The Bertz CT molecular complexity index is 726. The smallest absolute Gasteiger partial charge is 0.246 e. The minimum atomic E-state index is -0.743. The van der Waals surface area contributed by atoms with E-state index in [0.29, 0.717) is 5.13 Å². The van der Waals surface area contributed by atoms with Crippen LogP contribution in [0.4, 0.5) is 5.13 Å². The number of hydrogen-bond acceptors (Lipinski definition) is 5. The maximum Gasteiger partial charge on any atom is 0.246 e. The van der Waals surface area contributed by atoms with E-state index in [2.05, 4.69) is 10.3 Å². The summed E-state index contributed by atoms with van der Waals surface area (Å²) in [7, 11) is 1.64. The van der Waals surface area contributed by atoms with Crippen LogP contribution in [0.3, 0.4) is 0 Å². The molecule has 3 N–H and O–H groups in total. The van der Waals surface area contributed by atoms with Crippen molar-refractivity contribution in [1.82, 2.24) is 4.98 Å². The predicted molar refractivity (Wildman–Crippen MR) is 100 cm³/mol. The summed E-state index contributed by atoms with van der Waals surface area (Å²) in [6, 6.07) is 5.95. The summed E-state index contributed by atoms with van der Waals surface area (Å²) in [4.78, 5) is 16.9. The first kappa shape index (κ1) is 18.7. The summed E-state index contributed by atoms with van der Waals surface area (Å²) in [6.07, 6.45) is 3.49. The molecule has 1 aromatic heterocycles. The Hall–Kier alpha value is -1.63. The Morgan fingerprint density at radius 3 is 2.75 bits per heavy atom.